The third-order valence-corrected chi connectivity index (χ3v) is 2.55. The number of carbonyl (C=O) groups is 3. The van der Waals surface area contributed by atoms with Crippen molar-refractivity contribution in [2.45, 2.75) is 6.42 Å². The number of imide groups is 1. The molecule has 0 aliphatic carbocycles. The van der Waals surface area contributed by atoms with Crippen molar-refractivity contribution in [1.29, 1.82) is 0 Å². The Hall–Kier alpha value is -2.21. The number of aromatic carboxylic acids is 1. The maximum Gasteiger partial charge on any atom is 0.335 e. The smallest absolute Gasteiger partial charge is 0.335 e. The number of hydrogen-bond donors (Lipinski definition) is 3. The molecule has 1 aliphatic rings. The molecule has 1 aromatic rings. The number of aliphatic hydroxyl groups is 1. The Bertz CT molecular complexity index is 535. The Labute approximate surface area is 95.9 Å². The molecule has 2 rings (SSSR count). The lowest BCUT2D eigenvalue weighted by atomic mass is 9.97. The van der Waals surface area contributed by atoms with Crippen LogP contribution in [-0.4, -0.2) is 34.6 Å². The quantitative estimate of drug-likeness (QED) is 0.629. The molecule has 0 bridgehead atoms. The summed E-state index contributed by atoms with van der Waals surface area (Å²) in [6.07, 6.45) is 0.129. The molecule has 1 aromatic carbocycles. The molecule has 1 heterocycles. The van der Waals surface area contributed by atoms with Crippen LogP contribution in [0.25, 0.3) is 0 Å². The van der Waals surface area contributed by atoms with Gasteiger partial charge in [0.25, 0.3) is 11.8 Å². The van der Waals surface area contributed by atoms with Gasteiger partial charge in [0.15, 0.2) is 0 Å². The zero-order valence-corrected chi connectivity index (χ0v) is 8.69. The number of nitrogens with one attached hydrogen (secondary N) is 1. The molecule has 88 valence electrons. The van der Waals surface area contributed by atoms with E-state index in [9.17, 15) is 14.4 Å². The van der Waals surface area contributed by atoms with Gasteiger partial charge in [-0.2, -0.15) is 0 Å². The third-order valence-electron chi connectivity index (χ3n) is 2.55. The second-order valence-corrected chi connectivity index (χ2v) is 3.62. The number of hydrogen-bond acceptors (Lipinski definition) is 4. The lowest BCUT2D eigenvalue weighted by Crippen LogP contribution is -2.20. The highest BCUT2D eigenvalue weighted by atomic mass is 16.4. The Kier molecular flexibility index (Phi) is 2.64. The van der Waals surface area contributed by atoms with Crippen molar-refractivity contribution in [3.8, 4) is 0 Å². The molecule has 6 nitrogen and oxygen atoms in total. The monoisotopic (exact) mass is 235 g/mol. The Morgan fingerprint density at radius 2 is 1.94 bits per heavy atom. The predicted octanol–water partition coefficient (Wildman–Crippen LogP) is -0.197. The summed E-state index contributed by atoms with van der Waals surface area (Å²) in [5, 5.41) is 19.8. The molecule has 0 radical (unpaired) electrons. The molecule has 0 spiro atoms. The molecule has 0 aromatic heterocycles. The van der Waals surface area contributed by atoms with E-state index in [0.29, 0.717) is 5.56 Å². The van der Waals surface area contributed by atoms with Crippen molar-refractivity contribution in [2.75, 3.05) is 6.61 Å². The summed E-state index contributed by atoms with van der Waals surface area (Å²) in [6, 6.07) is 2.47. The van der Waals surface area contributed by atoms with Crippen molar-refractivity contribution < 1.29 is 24.6 Å². The molecule has 2 amide bonds. The minimum absolute atomic E-state index is 0.0540. The molecule has 0 atom stereocenters. The zero-order valence-electron chi connectivity index (χ0n) is 8.69. The van der Waals surface area contributed by atoms with Crippen LogP contribution >= 0.6 is 0 Å². The summed E-state index contributed by atoms with van der Waals surface area (Å²) < 4.78 is 0. The van der Waals surface area contributed by atoms with Gasteiger partial charge in [0, 0.05) is 6.61 Å². The largest absolute Gasteiger partial charge is 0.478 e. The average Bonchev–Trinajstić information content (AvgIpc) is 2.55. The van der Waals surface area contributed by atoms with Gasteiger partial charge in [-0.1, -0.05) is 0 Å². The van der Waals surface area contributed by atoms with Crippen LogP contribution in [0.1, 0.15) is 36.6 Å². The van der Waals surface area contributed by atoms with Gasteiger partial charge < -0.3 is 10.2 Å². The van der Waals surface area contributed by atoms with Crippen LogP contribution in [0, 0.1) is 0 Å². The lowest BCUT2D eigenvalue weighted by molar-refractivity contribution is 0.0696. The van der Waals surface area contributed by atoms with E-state index in [1.807, 2.05) is 0 Å². The van der Waals surface area contributed by atoms with Crippen LogP contribution in [0.3, 0.4) is 0 Å². The maximum absolute atomic E-state index is 11.5. The molecule has 3 N–H and O–H groups in total. The number of carbonyl (C=O) groups excluding carboxylic acids is 2. The zero-order chi connectivity index (χ0) is 12.6. The first-order chi connectivity index (χ1) is 8.04. The van der Waals surface area contributed by atoms with E-state index in [1.165, 1.54) is 12.1 Å². The van der Waals surface area contributed by atoms with Gasteiger partial charge in [0.05, 0.1) is 16.7 Å². The Morgan fingerprint density at radius 1 is 1.24 bits per heavy atom. The first-order valence-corrected chi connectivity index (χ1v) is 4.91. The summed E-state index contributed by atoms with van der Waals surface area (Å²) in [6.45, 7) is -0.225. The van der Waals surface area contributed by atoms with Crippen molar-refractivity contribution in [3.63, 3.8) is 0 Å². The minimum Gasteiger partial charge on any atom is -0.478 e. The molecule has 17 heavy (non-hydrogen) atoms. The number of amides is 2. The molecule has 1 aliphatic heterocycles. The van der Waals surface area contributed by atoms with Crippen molar-refractivity contribution in [2.24, 2.45) is 0 Å². The van der Waals surface area contributed by atoms with E-state index in [0.717, 1.165) is 0 Å². The first-order valence-electron chi connectivity index (χ1n) is 4.91. The second kappa shape index (κ2) is 3.99. The standard InChI is InChI=1S/C11H9NO5/c13-2-1-5-3-6(11(16)17)4-7-8(5)10(15)12-9(7)14/h3-4,13H,1-2H2,(H,16,17)(H,12,14,15). The summed E-state index contributed by atoms with van der Waals surface area (Å²) in [4.78, 5) is 33.8. The van der Waals surface area contributed by atoms with Crippen LogP contribution in [0.5, 0.6) is 0 Å². The molecule has 6 heteroatoms. The van der Waals surface area contributed by atoms with Crippen molar-refractivity contribution >= 4 is 17.8 Å². The van der Waals surface area contributed by atoms with E-state index in [-0.39, 0.29) is 29.7 Å². The molecule has 0 fully saturated rings. The fourth-order valence-corrected chi connectivity index (χ4v) is 1.82. The number of carboxylic acids is 1. The second-order valence-electron chi connectivity index (χ2n) is 3.62. The average molecular weight is 235 g/mol. The number of benzene rings is 1. The third kappa shape index (κ3) is 1.78. The highest BCUT2D eigenvalue weighted by Crippen LogP contribution is 2.23. The molecule has 0 unspecified atom stereocenters. The Morgan fingerprint density at radius 3 is 2.53 bits per heavy atom. The van der Waals surface area contributed by atoms with Crippen LogP contribution in [0.2, 0.25) is 0 Å². The Balaban J connectivity index is 2.66. The number of aliphatic hydroxyl groups excluding tert-OH is 1. The SMILES string of the molecule is O=C(O)c1cc(CCO)c2c(c1)C(=O)NC2=O. The van der Waals surface area contributed by atoms with Crippen molar-refractivity contribution in [3.05, 3.63) is 34.4 Å². The summed E-state index contributed by atoms with van der Waals surface area (Å²) in [7, 11) is 0. The minimum atomic E-state index is -1.18. The van der Waals surface area contributed by atoms with E-state index < -0.39 is 17.8 Å². The van der Waals surface area contributed by atoms with Crippen LogP contribution in [0.4, 0.5) is 0 Å². The van der Waals surface area contributed by atoms with Gasteiger partial charge in [-0.25, -0.2) is 4.79 Å². The number of fused-ring (bicyclic) bond motifs is 1. The topological polar surface area (TPSA) is 104 Å². The lowest BCUT2D eigenvalue weighted by Gasteiger charge is -2.05. The van der Waals surface area contributed by atoms with Gasteiger partial charge in [-0.3, -0.25) is 14.9 Å². The van der Waals surface area contributed by atoms with Crippen LogP contribution < -0.4 is 5.32 Å². The molecular weight excluding hydrogens is 226 g/mol. The first kappa shape index (κ1) is 11.3. The van der Waals surface area contributed by atoms with Gasteiger partial charge in [-0.05, 0) is 24.1 Å². The summed E-state index contributed by atoms with van der Waals surface area (Å²) in [5.41, 5.74) is 0.509. The van der Waals surface area contributed by atoms with E-state index in [2.05, 4.69) is 5.32 Å². The van der Waals surface area contributed by atoms with Gasteiger partial charge in [0.1, 0.15) is 0 Å². The van der Waals surface area contributed by atoms with Crippen LogP contribution in [-0.2, 0) is 6.42 Å². The highest BCUT2D eigenvalue weighted by molar-refractivity contribution is 6.22. The highest BCUT2D eigenvalue weighted by Gasteiger charge is 2.30. The fourth-order valence-electron chi connectivity index (χ4n) is 1.82. The normalized spacial score (nSPS) is 13.5. The molecule has 0 saturated heterocycles. The molecular formula is C11H9NO5. The van der Waals surface area contributed by atoms with Gasteiger partial charge >= 0.3 is 5.97 Å². The van der Waals surface area contributed by atoms with E-state index in [1.54, 1.807) is 0 Å². The van der Waals surface area contributed by atoms with Crippen LogP contribution in [0.15, 0.2) is 12.1 Å². The maximum atomic E-state index is 11.5. The fraction of sp³-hybridized carbons (Fsp3) is 0.182. The number of rotatable bonds is 3. The summed E-state index contributed by atoms with van der Waals surface area (Å²) in [5.74, 6) is -2.34. The van der Waals surface area contributed by atoms with E-state index >= 15 is 0 Å². The van der Waals surface area contributed by atoms with Gasteiger partial charge in [0.2, 0.25) is 0 Å². The van der Waals surface area contributed by atoms with Crippen molar-refractivity contribution in [1.82, 2.24) is 5.32 Å². The van der Waals surface area contributed by atoms with E-state index in [4.69, 9.17) is 10.2 Å². The molecule has 0 saturated carbocycles. The summed E-state index contributed by atoms with van der Waals surface area (Å²) >= 11 is 0. The number of carboxylic acid groups (broad SMARTS) is 1. The van der Waals surface area contributed by atoms with Gasteiger partial charge in [-0.15, -0.1) is 0 Å². The predicted molar refractivity (Wildman–Crippen MR) is 56.0 cm³/mol.